The fraction of sp³-hybridized carbons (Fsp3) is 0.0833. The van der Waals surface area contributed by atoms with Crippen LogP contribution in [0.3, 0.4) is 0 Å². The predicted molar refractivity (Wildman–Crippen MR) is 59.3 cm³/mol. The normalized spacial score (nSPS) is 11.5. The Hall–Kier alpha value is -2.58. The van der Waals surface area contributed by atoms with E-state index in [2.05, 4.69) is 9.97 Å². The number of hydrogen-bond donors (Lipinski definition) is 1. The lowest BCUT2D eigenvalue weighted by Crippen LogP contribution is -2.16. The minimum Gasteiger partial charge on any atom is -0.478 e. The fourth-order valence-corrected chi connectivity index (χ4v) is 1.58. The highest BCUT2D eigenvalue weighted by molar-refractivity contribution is 5.89. The van der Waals surface area contributed by atoms with Crippen LogP contribution in [0.4, 0.5) is 22.0 Å². The van der Waals surface area contributed by atoms with E-state index in [0.29, 0.717) is 12.3 Å². The Kier molecular flexibility index (Phi) is 3.58. The number of aromatic nitrogens is 2. The largest absolute Gasteiger partial charge is 0.478 e. The molecule has 4 nitrogen and oxygen atoms in total. The molecule has 0 bridgehead atoms. The molecule has 1 N–H and O–H groups in total. The smallest absolute Gasteiger partial charge is 0.434 e. The van der Waals surface area contributed by atoms with Gasteiger partial charge in [-0.05, 0) is 12.1 Å². The molecule has 0 atom stereocenters. The summed E-state index contributed by atoms with van der Waals surface area (Å²) < 4.78 is 64.4. The molecular weight excluding hydrogens is 299 g/mol. The van der Waals surface area contributed by atoms with Gasteiger partial charge in [0, 0.05) is 17.8 Å². The first-order valence-corrected chi connectivity index (χ1v) is 5.32. The van der Waals surface area contributed by atoms with Gasteiger partial charge in [0.05, 0.1) is 0 Å². The van der Waals surface area contributed by atoms with Crippen LogP contribution in [-0.4, -0.2) is 21.0 Å². The highest BCUT2D eigenvalue weighted by atomic mass is 19.4. The molecule has 1 aromatic heterocycles. The van der Waals surface area contributed by atoms with Crippen LogP contribution in [0.2, 0.25) is 0 Å². The summed E-state index contributed by atoms with van der Waals surface area (Å²) in [4.78, 5) is 17.2. The molecule has 0 aliphatic heterocycles. The number of carboxylic acids is 1. The molecule has 0 unspecified atom stereocenters. The van der Waals surface area contributed by atoms with Crippen LogP contribution in [0.15, 0.2) is 24.4 Å². The second-order valence-electron chi connectivity index (χ2n) is 3.92. The van der Waals surface area contributed by atoms with Crippen LogP contribution in [0.5, 0.6) is 0 Å². The summed E-state index contributed by atoms with van der Waals surface area (Å²) in [7, 11) is 0. The number of rotatable bonds is 2. The lowest BCUT2D eigenvalue weighted by atomic mass is 10.1. The Balaban J connectivity index is 2.64. The predicted octanol–water partition coefficient (Wildman–Crippen LogP) is 3.14. The quantitative estimate of drug-likeness (QED) is 0.866. The van der Waals surface area contributed by atoms with E-state index in [1.165, 1.54) is 0 Å². The number of hydrogen-bond acceptors (Lipinski definition) is 3. The Morgan fingerprint density at radius 2 is 1.67 bits per heavy atom. The minimum atomic E-state index is -5.04. The number of alkyl halides is 3. The first kappa shape index (κ1) is 14.8. The van der Waals surface area contributed by atoms with E-state index in [1.54, 1.807) is 0 Å². The summed E-state index contributed by atoms with van der Waals surface area (Å²) in [6.45, 7) is 0. The Bertz CT molecular complexity index is 695. The van der Waals surface area contributed by atoms with Crippen molar-refractivity contribution in [3.05, 3.63) is 47.3 Å². The third-order valence-electron chi connectivity index (χ3n) is 2.41. The molecular formula is C12H5F5N2O2. The molecule has 0 fully saturated rings. The van der Waals surface area contributed by atoms with Crippen LogP contribution < -0.4 is 0 Å². The second kappa shape index (κ2) is 5.08. The van der Waals surface area contributed by atoms with Crippen molar-refractivity contribution in [1.29, 1.82) is 0 Å². The lowest BCUT2D eigenvalue weighted by Gasteiger charge is -2.10. The van der Waals surface area contributed by atoms with Crippen molar-refractivity contribution in [2.75, 3.05) is 0 Å². The third-order valence-corrected chi connectivity index (χ3v) is 2.41. The SMILES string of the molecule is O=C(O)c1cnc(-c2cc(F)cc(F)c2)nc1C(F)(F)F. The zero-order valence-corrected chi connectivity index (χ0v) is 9.95. The molecule has 0 amide bonds. The molecule has 0 saturated heterocycles. The van der Waals surface area contributed by atoms with Gasteiger partial charge in [-0.15, -0.1) is 0 Å². The van der Waals surface area contributed by atoms with Crippen molar-refractivity contribution in [3.8, 4) is 11.4 Å². The molecule has 2 rings (SSSR count). The van der Waals surface area contributed by atoms with Crippen molar-refractivity contribution in [3.63, 3.8) is 0 Å². The Morgan fingerprint density at radius 3 is 2.14 bits per heavy atom. The van der Waals surface area contributed by atoms with E-state index in [1.807, 2.05) is 0 Å². The monoisotopic (exact) mass is 304 g/mol. The van der Waals surface area contributed by atoms with Gasteiger partial charge in [-0.3, -0.25) is 0 Å². The zero-order valence-electron chi connectivity index (χ0n) is 9.95. The van der Waals surface area contributed by atoms with Gasteiger partial charge < -0.3 is 5.11 Å². The van der Waals surface area contributed by atoms with Crippen LogP contribution in [0, 0.1) is 11.6 Å². The van der Waals surface area contributed by atoms with Crippen LogP contribution >= 0.6 is 0 Å². The number of benzene rings is 1. The molecule has 21 heavy (non-hydrogen) atoms. The maximum Gasteiger partial charge on any atom is 0.434 e. The van der Waals surface area contributed by atoms with Gasteiger partial charge in [0.25, 0.3) is 0 Å². The molecule has 0 aliphatic rings. The molecule has 0 radical (unpaired) electrons. The molecule has 0 spiro atoms. The van der Waals surface area contributed by atoms with Crippen molar-refractivity contribution in [1.82, 2.24) is 9.97 Å². The van der Waals surface area contributed by atoms with E-state index in [9.17, 15) is 26.7 Å². The molecule has 0 saturated carbocycles. The molecule has 1 aromatic carbocycles. The number of halogens is 5. The summed E-state index contributed by atoms with van der Waals surface area (Å²) in [5.41, 5.74) is -3.18. The fourth-order valence-electron chi connectivity index (χ4n) is 1.58. The zero-order chi connectivity index (χ0) is 15.8. The van der Waals surface area contributed by atoms with Crippen molar-refractivity contribution in [2.45, 2.75) is 6.18 Å². The molecule has 2 aromatic rings. The third kappa shape index (κ3) is 3.12. The lowest BCUT2D eigenvalue weighted by molar-refractivity contribution is -0.141. The van der Waals surface area contributed by atoms with Gasteiger partial charge in [-0.2, -0.15) is 13.2 Å². The maximum atomic E-state index is 13.0. The van der Waals surface area contributed by atoms with E-state index in [0.717, 1.165) is 12.1 Å². The summed E-state index contributed by atoms with van der Waals surface area (Å²) in [6.07, 6.45) is -4.60. The number of carbonyl (C=O) groups is 1. The van der Waals surface area contributed by atoms with Gasteiger partial charge in [0.2, 0.25) is 0 Å². The second-order valence-corrected chi connectivity index (χ2v) is 3.92. The van der Waals surface area contributed by atoms with Crippen molar-refractivity contribution in [2.24, 2.45) is 0 Å². The van der Waals surface area contributed by atoms with E-state index in [-0.39, 0.29) is 5.56 Å². The Labute approximate surface area is 113 Å². The average Bonchev–Trinajstić information content (AvgIpc) is 2.35. The van der Waals surface area contributed by atoms with E-state index >= 15 is 0 Å². The van der Waals surface area contributed by atoms with Gasteiger partial charge in [-0.25, -0.2) is 23.5 Å². The van der Waals surface area contributed by atoms with E-state index in [4.69, 9.17) is 5.11 Å². The van der Waals surface area contributed by atoms with Crippen molar-refractivity contribution < 1.29 is 31.9 Å². The summed E-state index contributed by atoms with van der Waals surface area (Å²) >= 11 is 0. The van der Waals surface area contributed by atoms with Crippen molar-refractivity contribution >= 4 is 5.97 Å². The minimum absolute atomic E-state index is 0.338. The summed E-state index contributed by atoms with van der Waals surface area (Å²) in [6, 6.07) is 2.00. The first-order chi connectivity index (χ1) is 9.68. The maximum absolute atomic E-state index is 13.0. The molecule has 0 aliphatic carbocycles. The molecule has 110 valence electrons. The van der Waals surface area contributed by atoms with Gasteiger partial charge in [0.15, 0.2) is 11.5 Å². The number of nitrogens with zero attached hydrogens (tertiary/aromatic N) is 2. The summed E-state index contributed by atoms with van der Waals surface area (Å²) in [5, 5.41) is 8.68. The van der Waals surface area contributed by atoms with Gasteiger partial charge in [-0.1, -0.05) is 0 Å². The first-order valence-electron chi connectivity index (χ1n) is 5.32. The highest BCUT2D eigenvalue weighted by Crippen LogP contribution is 2.31. The average molecular weight is 304 g/mol. The number of carboxylic acid groups (broad SMARTS) is 1. The Morgan fingerprint density at radius 1 is 1.10 bits per heavy atom. The topological polar surface area (TPSA) is 63.1 Å². The summed E-state index contributed by atoms with van der Waals surface area (Å²) in [5.74, 6) is -4.54. The van der Waals surface area contributed by atoms with Crippen LogP contribution in [0.1, 0.15) is 16.1 Å². The molecule has 9 heteroatoms. The van der Waals surface area contributed by atoms with Gasteiger partial charge in [0.1, 0.15) is 17.2 Å². The standard InChI is InChI=1S/C12H5F5N2O2/c13-6-1-5(2-7(14)3-6)10-18-4-8(11(20)21)9(19-10)12(15,16)17/h1-4H,(H,20,21). The van der Waals surface area contributed by atoms with E-state index < -0.39 is 40.9 Å². The van der Waals surface area contributed by atoms with Crippen LogP contribution in [-0.2, 0) is 6.18 Å². The molecule has 1 heterocycles. The van der Waals surface area contributed by atoms with Gasteiger partial charge >= 0.3 is 12.1 Å². The highest BCUT2D eigenvalue weighted by Gasteiger charge is 2.38. The number of aromatic carboxylic acids is 1. The van der Waals surface area contributed by atoms with Crippen LogP contribution in [0.25, 0.3) is 11.4 Å².